The second-order valence-electron chi connectivity index (χ2n) is 8.00. The first kappa shape index (κ1) is 21.7. The van der Waals surface area contributed by atoms with Crippen LogP contribution in [-0.2, 0) is 4.79 Å². The molecule has 0 N–H and O–H groups in total. The molecule has 0 unspecified atom stereocenters. The van der Waals surface area contributed by atoms with Gasteiger partial charge >= 0.3 is 0 Å². The lowest BCUT2D eigenvalue weighted by Crippen LogP contribution is -2.30. The van der Waals surface area contributed by atoms with Crippen LogP contribution >= 0.6 is 15.9 Å². The van der Waals surface area contributed by atoms with Crippen LogP contribution in [0.4, 0.5) is 0 Å². The molecule has 0 atom stereocenters. The van der Waals surface area contributed by atoms with Crippen LogP contribution < -0.4 is 4.74 Å². The van der Waals surface area contributed by atoms with Gasteiger partial charge in [0, 0.05) is 46.2 Å². The zero-order valence-electron chi connectivity index (χ0n) is 18.1. The summed E-state index contributed by atoms with van der Waals surface area (Å²) < 4.78 is 12.8. The molecule has 162 valence electrons. The number of halogens is 1. The number of likely N-dealkylation sites (tertiary alicyclic amines) is 1. The van der Waals surface area contributed by atoms with Gasteiger partial charge in [0.05, 0.1) is 12.9 Å². The Morgan fingerprint density at radius 2 is 1.84 bits per heavy atom. The highest BCUT2D eigenvalue weighted by molar-refractivity contribution is 9.10. The maximum atomic E-state index is 12.9. The predicted octanol–water partition coefficient (Wildman–Crippen LogP) is 7.07. The first-order valence-electron chi connectivity index (χ1n) is 11.0. The van der Waals surface area contributed by atoms with Crippen LogP contribution in [0.25, 0.3) is 27.7 Å². The molecule has 1 amide bonds. The van der Waals surface area contributed by atoms with Crippen molar-refractivity contribution in [2.24, 2.45) is 0 Å². The first-order valence-corrected chi connectivity index (χ1v) is 11.8. The maximum Gasteiger partial charge on any atom is 0.246 e. The summed E-state index contributed by atoms with van der Waals surface area (Å²) in [7, 11) is 0. The Bertz CT molecular complexity index is 1090. The van der Waals surface area contributed by atoms with E-state index >= 15 is 0 Å². The van der Waals surface area contributed by atoms with E-state index in [1.807, 2.05) is 36.9 Å². The summed E-state index contributed by atoms with van der Waals surface area (Å²) in [6, 6.07) is 12.2. The molecular formula is C26H28BrNO3. The zero-order chi connectivity index (χ0) is 21.8. The Hall–Kier alpha value is -2.53. The molecule has 0 bridgehead atoms. The van der Waals surface area contributed by atoms with Gasteiger partial charge in [0.1, 0.15) is 11.3 Å². The Morgan fingerprint density at radius 3 is 2.52 bits per heavy atom. The second kappa shape index (κ2) is 9.73. The van der Waals surface area contributed by atoms with E-state index in [1.165, 1.54) is 12.8 Å². The molecule has 1 aliphatic heterocycles. The summed E-state index contributed by atoms with van der Waals surface area (Å²) in [5.74, 6) is 0.825. The van der Waals surface area contributed by atoms with Crippen LogP contribution in [0.1, 0.15) is 45.1 Å². The van der Waals surface area contributed by atoms with Crippen molar-refractivity contribution in [2.45, 2.75) is 39.5 Å². The van der Waals surface area contributed by atoms with Crippen molar-refractivity contribution in [3.8, 4) is 16.9 Å². The number of rotatable bonds is 5. The van der Waals surface area contributed by atoms with Crippen LogP contribution in [-0.4, -0.2) is 30.5 Å². The van der Waals surface area contributed by atoms with E-state index in [1.54, 1.807) is 12.3 Å². The third-order valence-corrected chi connectivity index (χ3v) is 6.34. The van der Waals surface area contributed by atoms with Gasteiger partial charge in [-0.05, 0) is 56.0 Å². The number of amides is 1. The molecule has 4 rings (SSSR count). The monoisotopic (exact) mass is 481 g/mol. The summed E-state index contributed by atoms with van der Waals surface area (Å²) in [6.45, 7) is 6.18. The quantitative estimate of drug-likeness (QED) is 0.366. The fourth-order valence-corrected chi connectivity index (χ4v) is 4.40. The highest BCUT2D eigenvalue weighted by Gasteiger charge is 2.17. The lowest BCUT2D eigenvalue weighted by atomic mass is 9.99. The van der Waals surface area contributed by atoms with Crippen LogP contribution in [0.3, 0.4) is 0 Å². The minimum atomic E-state index is 0.0854. The molecule has 2 heterocycles. The van der Waals surface area contributed by atoms with Crippen molar-refractivity contribution in [1.82, 2.24) is 4.90 Å². The highest BCUT2D eigenvalue weighted by atomic mass is 79.9. The number of carbonyl (C=O) groups is 1. The number of fused-ring (bicyclic) bond motifs is 1. The van der Waals surface area contributed by atoms with Crippen molar-refractivity contribution in [1.29, 1.82) is 0 Å². The fraction of sp³-hybridized carbons (Fsp3) is 0.346. The number of benzene rings is 2. The molecule has 2 aromatic carbocycles. The molecule has 0 radical (unpaired) electrons. The Kier molecular flexibility index (Phi) is 6.81. The third kappa shape index (κ3) is 4.87. The van der Waals surface area contributed by atoms with Crippen LogP contribution in [0.2, 0.25) is 0 Å². The molecule has 4 nitrogen and oxygen atoms in total. The molecule has 5 heteroatoms. The molecule has 1 fully saturated rings. The number of furan rings is 1. The van der Waals surface area contributed by atoms with E-state index < -0.39 is 0 Å². The molecule has 31 heavy (non-hydrogen) atoms. The lowest BCUT2D eigenvalue weighted by Gasteiger charge is -2.19. The predicted molar refractivity (Wildman–Crippen MR) is 129 cm³/mol. The molecule has 0 saturated carbocycles. The van der Waals surface area contributed by atoms with Crippen LogP contribution in [0.5, 0.6) is 5.75 Å². The first-order chi connectivity index (χ1) is 15.1. The summed E-state index contributed by atoms with van der Waals surface area (Å²) in [6.07, 6.45) is 8.12. The van der Waals surface area contributed by atoms with E-state index in [2.05, 4.69) is 34.1 Å². The normalized spacial score (nSPS) is 15.2. The van der Waals surface area contributed by atoms with E-state index in [0.29, 0.717) is 6.61 Å². The number of hydrogen-bond acceptors (Lipinski definition) is 3. The molecule has 1 saturated heterocycles. The second-order valence-corrected chi connectivity index (χ2v) is 8.92. The molecule has 0 aliphatic carbocycles. The Morgan fingerprint density at radius 1 is 1.13 bits per heavy atom. The van der Waals surface area contributed by atoms with E-state index in [0.717, 1.165) is 69.4 Å². The van der Waals surface area contributed by atoms with E-state index in [9.17, 15) is 4.79 Å². The largest absolute Gasteiger partial charge is 0.493 e. The van der Waals surface area contributed by atoms with Crippen LogP contribution in [0, 0.1) is 0 Å². The smallest absolute Gasteiger partial charge is 0.246 e. The minimum absolute atomic E-state index is 0.0854. The molecule has 0 spiro atoms. The lowest BCUT2D eigenvalue weighted by molar-refractivity contribution is -0.125. The van der Waals surface area contributed by atoms with Gasteiger partial charge < -0.3 is 14.1 Å². The van der Waals surface area contributed by atoms with Gasteiger partial charge in [-0.3, -0.25) is 4.79 Å². The summed E-state index contributed by atoms with van der Waals surface area (Å²) in [5, 5.41) is 1.01. The van der Waals surface area contributed by atoms with Gasteiger partial charge in [0.15, 0.2) is 0 Å². The molecule has 1 aromatic heterocycles. The van der Waals surface area contributed by atoms with Crippen LogP contribution in [0.15, 0.2) is 57.6 Å². The van der Waals surface area contributed by atoms with Crippen molar-refractivity contribution in [3.63, 3.8) is 0 Å². The van der Waals surface area contributed by atoms with Crippen molar-refractivity contribution < 1.29 is 13.9 Å². The van der Waals surface area contributed by atoms with Gasteiger partial charge in [0.25, 0.3) is 0 Å². The number of allylic oxidation sites excluding steroid dienone is 1. The number of ether oxygens (including phenoxy) is 1. The average molecular weight is 482 g/mol. The summed E-state index contributed by atoms with van der Waals surface area (Å²) in [5.41, 5.74) is 4.72. The SMILES string of the molecule is CCOc1cc2occ(-c3ccc(Br)cc3)c2cc1/C(C)=C/C(=O)N1CCCCCC1. The summed E-state index contributed by atoms with van der Waals surface area (Å²) in [4.78, 5) is 14.9. The average Bonchev–Trinajstić information content (AvgIpc) is 2.97. The molecular weight excluding hydrogens is 454 g/mol. The van der Waals surface area contributed by atoms with Gasteiger partial charge in [-0.2, -0.15) is 0 Å². The Labute approximate surface area is 192 Å². The number of carbonyl (C=O) groups excluding carboxylic acids is 1. The van der Waals surface area contributed by atoms with Gasteiger partial charge in [0.2, 0.25) is 5.91 Å². The minimum Gasteiger partial charge on any atom is -0.493 e. The number of nitrogens with zero attached hydrogens (tertiary/aromatic N) is 1. The summed E-state index contributed by atoms with van der Waals surface area (Å²) >= 11 is 3.49. The third-order valence-electron chi connectivity index (χ3n) is 5.81. The topological polar surface area (TPSA) is 42.7 Å². The van der Waals surface area contributed by atoms with Gasteiger partial charge in [-0.1, -0.05) is 40.9 Å². The Balaban J connectivity index is 1.73. The fourth-order valence-electron chi connectivity index (χ4n) is 4.14. The standard InChI is InChI=1S/C26H28BrNO3/c1-3-30-24-16-25-22(23(17-31-25)19-8-10-20(27)11-9-19)15-21(24)18(2)14-26(29)28-12-6-4-5-7-13-28/h8-11,14-17H,3-7,12-13H2,1-2H3/b18-14+. The van der Waals surface area contributed by atoms with Crippen molar-refractivity contribution in [2.75, 3.05) is 19.7 Å². The zero-order valence-corrected chi connectivity index (χ0v) is 19.7. The number of hydrogen-bond donors (Lipinski definition) is 0. The van der Waals surface area contributed by atoms with Gasteiger partial charge in [-0.15, -0.1) is 0 Å². The van der Waals surface area contributed by atoms with Crippen molar-refractivity contribution in [3.05, 3.63) is 58.8 Å². The van der Waals surface area contributed by atoms with Crippen molar-refractivity contribution >= 4 is 38.4 Å². The molecule has 3 aromatic rings. The highest BCUT2D eigenvalue weighted by Crippen LogP contribution is 2.38. The van der Waals surface area contributed by atoms with E-state index in [4.69, 9.17) is 9.15 Å². The van der Waals surface area contributed by atoms with E-state index in [-0.39, 0.29) is 5.91 Å². The molecule has 1 aliphatic rings. The van der Waals surface area contributed by atoms with Gasteiger partial charge in [-0.25, -0.2) is 0 Å². The maximum absolute atomic E-state index is 12.9.